The number of halogens is 1. The Labute approximate surface area is 80.7 Å². The first-order chi connectivity index (χ1) is 5.72. The van der Waals surface area contributed by atoms with Gasteiger partial charge in [0.1, 0.15) is 0 Å². The van der Waals surface area contributed by atoms with Crippen molar-refractivity contribution in [1.82, 2.24) is 5.32 Å². The van der Waals surface area contributed by atoms with Crippen molar-refractivity contribution in [3.63, 3.8) is 0 Å². The molecule has 70 valence electrons. The highest BCUT2D eigenvalue weighted by Gasteiger charge is 2.26. The molecule has 0 unspecified atom stereocenters. The molecule has 12 heavy (non-hydrogen) atoms. The molecule has 1 fully saturated rings. The van der Waals surface area contributed by atoms with Gasteiger partial charge in [-0.25, -0.2) is 0 Å². The number of aliphatic hydroxyl groups is 1. The summed E-state index contributed by atoms with van der Waals surface area (Å²) >= 11 is 3.20. The molecule has 3 nitrogen and oxygen atoms in total. The number of hydrogen-bond acceptors (Lipinski definition) is 2. The molecule has 0 aromatic heterocycles. The lowest BCUT2D eigenvalue weighted by atomic mass is 9.82. The summed E-state index contributed by atoms with van der Waals surface area (Å²) in [5.74, 6) is 0.590. The van der Waals surface area contributed by atoms with Gasteiger partial charge in [-0.05, 0) is 18.8 Å². The molecule has 1 amide bonds. The van der Waals surface area contributed by atoms with Crippen molar-refractivity contribution in [2.45, 2.75) is 25.4 Å². The smallest absolute Gasteiger partial charge is 0.220 e. The predicted molar refractivity (Wildman–Crippen MR) is 50.2 cm³/mol. The minimum atomic E-state index is -0.122. The molecule has 1 aliphatic carbocycles. The highest BCUT2D eigenvalue weighted by atomic mass is 79.9. The summed E-state index contributed by atoms with van der Waals surface area (Å²) < 4.78 is 0. The molecule has 4 heteroatoms. The third-order valence-corrected chi connectivity index (χ3v) is 2.52. The molecule has 1 aliphatic rings. The monoisotopic (exact) mass is 235 g/mol. The SMILES string of the molecule is O=C(CCBr)NCC1CC(O)C1. The third-order valence-electron chi connectivity index (χ3n) is 2.12. The minimum absolute atomic E-state index is 0.0910. The zero-order valence-corrected chi connectivity index (χ0v) is 8.51. The third kappa shape index (κ3) is 3.11. The minimum Gasteiger partial charge on any atom is -0.393 e. The fourth-order valence-electron chi connectivity index (χ4n) is 1.30. The zero-order chi connectivity index (χ0) is 8.97. The molecule has 1 saturated carbocycles. The maximum Gasteiger partial charge on any atom is 0.220 e. The summed E-state index contributed by atoms with van der Waals surface area (Å²) in [4.78, 5) is 11.0. The highest BCUT2D eigenvalue weighted by molar-refractivity contribution is 9.09. The number of carbonyl (C=O) groups excluding carboxylic acids is 1. The van der Waals surface area contributed by atoms with Crippen LogP contribution in [-0.4, -0.2) is 29.0 Å². The van der Waals surface area contributed by atoms with Gasteiger partial charge in [-0.15, -0.1) is 0 Å². The first-order valence-electron chi connectivity index (χ1n) is 4.23. The second-order valence-corrected chi connectivity index (χ2v) is 4.03. The lowest BCUT2D eigenvalue weighted by Gasteiger charge is -2.31. The normalized spacial score (nSPS) is 27.8. The number of alkyl halides is 1. The van der Waals surface area contributed by atoms with E-state index in [2.05, 4.69) is 21.2 Å². The Kier molecular flexibility index (Phi) is 4.01. The maximum atomic E-state index is 11.0. The van der Waals surface area contributed by atoms with Gasteiger partial charge in [0.25, 0.3) is 0 Å². The second kappa shape index (κ2) is 4.82. The van der Waals surface area contributed by atoms with E-state index in [1.807, 2.05) is 0 Å². The van der Waals surface area contributed by atoms with Crippen LogP contribution in [0.3, 0.4) is 0 Å². The van der Waals surface area contributed by atoms with E-state index in [1.54, 1.807) is 0 Å². The number of rotatable bonds is 4. The van der Waals surface area contributed by atoms with Gasteiger partial charge in [0.15, 0.2) is 0 Å². The topological polar surface area (TPSA) is 49.3 Å². The van der Waals surface area contributed by atoms with E-state index < -0.39 is 0 Å². The van der Waals surface area contributed by atoms with Crippen molar-refractivity contribution >= 4 is 21.8 Å². The van der Waals surface area contributed by atoms with E-state index in [9.17, 15) is 4.79 Å². The van der Waals surface area contributed by atoms with Gasteiger partial charge in [-0.2, -0.15) is 0 Å². The molecule has 2 N–H and O–H groups in total. The van der Waals surface area contributed by atoms with Gasteiger partial charge < -0.3 is 10.4 Å². The number of hydrogen-bond donors (Lipinski definition) is 2. The Hall–Kier alpha value is -0.0900. The van der Waals surface area contributed by atoms with E-state index in [1.165, 1.54) is 0 Å². The molecule has 0 aromatic rings. The van der Waals surface area contributed by atoms with Crippen molar-refractivity contribution < 1.29 is 9.90 Å². The predicted octanol–water partition coefficient (Wildman–Crippen LogP) is 0.658. The van der Waals surface area contributed by atoms with Gasteiger partial charge in [-0.3, -0.25) is 4.79 Å². The van der Waals surface area contributed by atoms with E-state index in [4.69, 9.17) is 5.11 Å². The number of aliphatic hydroxyl groups excluding tert-OH is 1. The Morgan fingerprint density at radius 3 is 2.75 bits per heavy atom. The van der Waals surface area contributed by atoms with Crippen LogP contribution in [0.4, 0.5) is 0 Å². The van der Waals surface area contributed by atoms with Gasteiger partial charge >= 0.3 is 0 Å². The van der Waals surface area contributed by atoms with E-state index in [-0.39, 0.29) is 12.0 Å². The average Bonchev–Trinajstić information content (AvgIpc) is 1.96. The van der Waals surface area contributed by atoms with Crippen LogP contribution in [-0.2, 0) is 4.79 Å². The van der Waals surface area contributed by atoms with Crippen LogP contribution >= 0.6 is 15.9 Å². The van der Waals surface area contributed by atoms with Crippen LogP contribution in [0.5, 0.6) is 0 Å². The molecule has 0 heterocycles. The van der Waals surface area contributed by atoms with Gasteiger partial charge in [0.05, 0.1) is 6.10 Å². The van der Waals surface area contributed by atoms with Crippen molar-refractivity contribution in [3.05, 3.63) is 0 Å². The maximum absolute atomic E-state index is 11.0. The molecule has 0 aliphatic heterocycles. The van der Waals surface area contributed by atoms with Crippen LogP contribution in [0.1, 0.15) is 19.3 Å². The molecule has 0 spiro atoms. The number of carbonyl (C=O) groups is 1. The molecule has 0 atom stereocenters. The molecule has 0 aromatic carbocycles. The van der Waals surface area contributed by atoms with E-state index in [0.29, 0.717) is 17.7 Å². The van der Waals surface area contributed by atoms with E-state index in [0.717, 1.165) is 19.4 Å². The molecular weight excluding hydrogens is 222 g/mol. The van der Waals surface area contributed by atoms with Crippen molar-refractivity contribution in [1.29, 1.82) is 0 Å². The Morgan fingerprint density at radius 2 is 2.25 bits per heavy atom. The fourth-order valence-corrected chi connectivity index (χ4v) is 1.66. The first kappa shape index (κ1) is 9.99. The summed E-state index contributed by atoms with van der Waals surface area (Å²) in [5.41, 5.74) is 0. The summed E-state index contributed by atoms with van der Waals surface area (Å²) in [5, 5.41) is 12.5. The van der Waals surface area contributed by atoms with E-state index >= 15 is 0 Å². The van der Waals surface area contributed by atoms with Gasteiger partial charge in [-0.1, -0.05) is 15.9 Å². The largest absolute Gasteiger partial charge is 0.393 e. The summed E-state index contributed by atoms with van der Waals surface area (Å²) in [6, 6.07) is 0. The highest BCUT2D eigenvalue weighted by Crippen LogP contribution is 2.25. The Balaban J connectivity index is 1.98. The zero-order valence-electron chi connectivity index (χ0n) is 6.92. The van der Waals surface area contributed by atoms with Crippen molar-refractivity contribution in [3.8, 4) is 0 Å². The van der Waals surface area contributed by atoms with Crippen LogP contribution in [0.25, 0.3) is 0 Å². The van der Waals surface area contributed by atoms with Crippen molar-refractivity contribution in [2.75, 3.05) is 11.9 Å². The van der Waals surface area contributed by atoms with Gasteiger partial charge in [0.2, 0.25) is 5.91 Å². The van der Waals surface area contributed by atoms with Crippen LogP contribution < -0.4 is 5.32 Å². The number of nitrogens with one attached hydrogen (secondary N) is 1. The average molecular weight is 236 g/mol. The Morgan fingerprint density at radius 1 is 1.58 bits per heavy atom. The summed E-state index contributed by atoms with van der Waals surface area (Å²) in [6.45, 7) is 0.725. The van der Waals surface area contributed by atoms with Crippen molar-refractivity contribution in [2.24, 2.45) is 5.92 Å². The molecule has 1 rings (SSSR count). The van der Waals surface area contributed by atoms with Crippen LogP contribution in [0.2, 0.25) is 0 Å². The summed E-state index contributed by atoms with van der Waals surface area (Å²) in [7, 11) is 0. The number of amides is 1. The lowest BCUT2D eigenvalue weighted by molar-refractivity contribution is -0.121. The van der Waals surface area contributed by atoms with Crippen LogP contribution in [0.15, 0.2) is 0 Å². The quantitative estimate of drug-likeness (QED) is 0.704. The standard InChI is InChI=1S/C8H14BrNO2/c9-2-1-8(12)10-5-6-3-7(11)4-6/h6-7,11H,1-5H2,(H,10,12). The molecule has 0 radical (unpaired) electrons. The molecule has 0 bridgehead atoms. The second-order valence-electron chi connectivity index (χ2n) is 3.23. The lowest BCUT2D eigenvalue weighted by Crippen LogP contribution is -2.38. The van der Waals surface area contributed by atoms with Gasteiger partial charge in [0, 0.05) is 18.3 Å². The molecule has 0 saturated heterocycles. The fraction of sp³-hybridized carbons (Fsp3) is 0.875. The Bertz CT molecular complexity index is 157. The summed E-state index contributed by atoms with van der Waals surface area (Å²) in [6.07, 6.45) is 2.10. The van der Waals surface area contributed by atoms with Crippen LogP contribution in [0, 0.1) is 5.92 Å². The molecular formula is C8H14BrNO2. The first-order valence-corrected chi connectivity index (χ1v) is 5.35.